The van der Waals surface area contributed by atoms with E-state index in [1.165, 1.54) is 24.8 Å². The van der Waals surface area contributed by atoms with Gasteiger partial charge in [-0.2, -0.15) is 0 Å². The van der Waals surface area contributed by atoms with Crippen molar-refractivity contribution in [2.75, 3.05) is 26.2 Å². The highest BCUT2D eigenvalue weighted by Crippen LogP contribution is 2.33. The Balaban J connectivity index is 1.26. The number of piperazine rings is 1. The van der Waals surface area contributed by atoms with Gasteiger partial charge in [0.15, 0.2) is 0 Å². The summed E-state index contributed by atoms with van der Waals surface area (Å²) in [6, 6.07) is 16.6. The van der Waals surface area contributed by atoms with Crippen LogP contribution in [0.3, 0.4) is 0 Å². The van der Waals surface area contributed by atoms with Crippen molar-refractivity contribution in [3.63, 3.8) is 0 Å². The Kier molecular flexibility index (Phi) is 5.77. The summed E-state index contributed by atoms with van der Waals surface area (Å²) in [5, 5.41) is 0. The van der Waals surface area contributed by atoms with Gasteiger partial charge < -0.3 is 9.80 Å². The molecule has 0 spiro atoms. The van der Waals surface area contributed by atoms with Crippen LogP contribution in [0.5, 0.6) is 0 Å². The normalized spacial score (nSPS) is 20.2. The molecule has 0 aromatic heterocycles. The van der Waals surface area contributed by atoms with E-state index in [1.54, 1.807) is 0 Å². The molecular formula is C26H31N3O2. The predicted molar refractivity (Wildman–Crippen MR) is 121 cm³/mol. The Labute approximate surface area is 184 Å². The lowest BCUT2D eigenvalue weighted by Crippen LogP contribution is -2.48. The van der Waals surface area contributed by atoms with Gasteiger partial charge in [0.1, 0.15) is 0 Å². The summed E-state index contributed by atoms with van der Waals surface area (Å²) < 4.78 is 0. The first-order chi connectivity index (χ1) is 15.2. The van der Waals surface area contributed by atoms with E-state index in [0.717, 1.165) is 38.0 Å². The zero-order chi connectivity index (χ0) is 21.2. The van der Waals surface area contributed by atoms with Gasteiger partial charge in [-0.15, -0.1) is 0 Å². The van der Waals surface area contributed by atoms with Crippen molar-refractivity contribution >= 4 is 11.8 Å². The average Bonchev–Trinajstić information content (AvgIpc) is 3.17. The zero-order valence-corrected chi connectivity index (χ0v) is 18.1. The van der Waals surface area contributed by atoms with Gasteiger partial charge in [-0.05, 0) is 30.0 Å². The average molecular weight is 418 g/mol. The first-order valence-corrected chi connectivity index (χ1v) is 11.7. The van der Waals surface area contributed by atoms with E-state index in [4.69, 9.17) is 0 Å². The SMILES string of the molecule is O=C(c1cccc2c1C(=O)N(C1CCCCC1)C2)N1CCN(Cc2ccccc2)CC1. The molecule has 1 aliphatic carbocycles. The van der Waals surface area contributed by atoms with Gasteiger partial charge in [-0.25, -0.2) is 0 Å². The summed E-state index contributed by atoms with van der Waals surface area (Å²) in [5.74, 6) is 0.0728. The Morgan fingerprint density at radius 2 is 1.61 bits per heavy atom. The molecule has 5 rings (SSSR count). The van der Waals surface area contributed by atoms with Gasteiger partial charge in [-0.1, -0.05) is 61.7 Å². The quantitative estimate of drug-likeness (QED) is 0.757. The molecule has 0 N–H and O–H groups in total. The third-order valence-electron chi connectivity index (χ3n) is 7.12. The Morgan fingerprint density at radius 1 is 0.871 bits per heavy atom. The van der Waals surface area contributed by atoms with E-state index in [2.05, 4.69) is 29.2 Å². The van der Waals surface area contributed by atoms with Crippen molar-refractivity contribution in [3.8, 4) is 0 Å². The van der Waals surface area contributed by atoms with Crippen LogP contribution >= 0.6 is 0 Å². The number of nitrogens with zero attached hydrogens (tertiary/aromatic N) is 3. The Hall–Kier alpha value is -2.66. The maximum Gasteiger partial charge on any atom is 0.255 e. The van der Waals surface area contributed by atoms with Crippen LogP contribution in [0.15, 0.2) is 48.5 Å². The third-order valence-corrected chi connectivity index (χ3v) is 7.12. The second kappa shape index (κ2) is 8.83. The van der Waals surface area contributed by atoms with E-state index in [0.29, 0.717) is 36.8 Å². The van der Waals surface area contributed by atoms with Crippen molar-refractivity contribution in [1.82, 2.24) is 14.7 Å². The molecule has 31 heavy (non-hydrogen) atoms. The molecule has 1 saturated carbocycles. The van der Waals surface area contributed by atoms with Crippen molar-refractivity contribution in [3.05, 3.63) is 70.8 Å². The second-order valence-corrected chi connectivity index (χ2v) is 9.12. The van der Waals surface area contributed by atoms with Crippen LogP contribution in [-0.2, 0) is 13.1 Å². The van der Waals surface area contributed by atoms with E-state index in [9.17, 15) is 9.59 Å². The first-order valence-electron chi connectivity index (χ1n) is 11.7. The van der Waals surface area contributed by atoms with Gasteiger partial charge in [-0.3, -0.25) is 14.5 Å². The lowest BCUT2D eigenvalue weighted by molar-refractivity contribution is 0.0607. The largest absolute Gasteiger partial charge is 0.336 e. The molecule has 0 unspecified atom stereocenters. The predicted octanol–water partition coefficient (Wildman–Crippen LogP) is 3.93. The lowest BCUT2D eigenvalue weighted by atomic mass is 9.94. The summed E-state index contributed by atoms with van der Waals surface area (Å²) >= 11 is 0. The molecule has 0 atom stereocenters. The number of fused-ring (bicyclic) bond motifs is 1. The molecule has 2 heterocycles. The van der Waals surface area contributed by atoms with Crippen molar-refractivity contribution in [2.24, 2.45) is 0 Å². The van der Waals surface area contributed by atoms with E-state index >= 15 is 0 Å². The monoisotopic (exact) mass is 417 g/mol. The Bertz CT molecular complexity index is 944. The number of benzene rings is 2. The molecule has 5 heteroatoms. The molecule has 0 bridgehead atoms. The summed E-state index contributed by atoms with van der Waals surface area (Å²) in [6.45, 7) is 4.70. The maximum absolute atomic E-state index is 13.4. The first kappa shape index (κ1) is 20.3. The number of amides is 2. The number of hydrogen-bond acceptors (Lipinski definition) is 3. The van der Waals surface area contributed by atoms with Crippen LogP contribution < -0.4 is 0 Å². The fourth-order valence-corrected chi connectivity index (χ4v) is 5.37. The molecule has 2 fully saturated rings. The maximum atomic E-state index is 13.4. The fraction of sp³-hybridized carbons (Fsp3) is 0.462. The molecule has 2 amide bonds. The van der Waals surface area contributed by atoms with Crippen LogP contribution in [0.2, 0.25) is 0 Å². The van der Waals surface area contributed by atoms with Gasteiger partial charge in [0.05, 0.1) is 11.1 Å². The smallest absolute Gasteiger partial charge is 0.255 e. The minimum atomic E-state index is 0.00931. The summed E-state index contributed by atoms with van der Waals surface area (Å²) in [6.07, 6.45) is 5.85. The van der Waals surface area contributed by atoms with Crippen molar-refractivity contribution < 1.29 is 9.59 Å². The van der Waals surface area contributed by atoms with E-state index < -0.39 is 0 Å². The third kappa shape index (κ3) is 4.11. The highest BCUT2D eigenvalue weighted by molar-refractivity contribution is 6.09. The number of carbonyl (C=O) groups is 2. The molecular weight excluding hydrogens is 386 g/mol. The summed E-state index contributed by atoms with van der Waals surface area (Å²) in [7, 11) is 0. The molecule has 162 valence electrons. The molecule has 3 aliphatic rings. The standard InChI is InChI=1S/C26H31N3O2/c30-25(28-16-14-27(15-17-28)18-20-8-3-1-4-9-20)23-13-7-10-21-19-29(26(31)24(21)23)22-11-5-2-6-12-22/h1,3-4,7-10,13,22H,2,5-6,11-12,14-19H2. The topological polar surface area (TPSA) is 43.9 Å². The molecule has 1 saturated heterocycles. The highest BCUT2D eigenvalue weighted by atomic mass is 16.2. The van der Waals surface area contributed by atoms with Crippen molar-refractivity contribution in [1.29, 1.82) is 0 Å². The molecule has 2 aliphatic heterocycles. The molecule has 0 radical (unpaired) electrons. The van der Waals surface area contributed by atoms with E-state index in [1.807, 2.05) is 34.1 Å². The zero-order valence-electron chi connectivity index (χ0n) is 18.1. The number of carbonyl (C=O) groups excluding carboxylic acids is 2. The molecule has 5 nitrogen and oxygen atoms in total. The highest BCUT2D eigenvalue weighted by Gasteiger charge is 2.37. The summed E-state index contributed by atoms with van der Waals surface area (Å²) in [5.41, 5.74) is 3.57. The fourth-order valence-electron chi connectivity index (χ4n) is 5.37. The van der Waals surface area contributed by atoms with Crippen LogP contribution in [0.1, 0.15) is 63.9 Å². The van der Waals surface area contributed by atoms with Crippen LogP contribution in [0.4, 0.5) is 0 Å². The number of rotatable bonds is 4. The number of hydrogen-bond donors (Lipinski definition) is 0. The lowest BCUT2D eigenvalue weighted by Gasteiger charge is -2.35. The Morgan fingerprint density at radius 3 is 2.35 bits per heavy atom. The van der Waals surface area contributed by atoms with Crippen LogP contribution in [0.25, 0.3) is 0 Å². The van der Waals surface area contributed by atoms with Crippen LogP contribution in [0, 0.1) is 0 Å². The minimum absolute atomic E-state index is 0.00931. The van der Waals surface area contributed by atoms with Crippen molar-refractivity contribution in [2.45, 2.75) is 51.2 Å². The van der Waals surface area contributed by atoms with Crippen LogP contribution in [-0.4, -0.2) is 58.7 Å². The van der Waals surface area contributed by atoms with Gasteiger partial charge in [0.25, 0.3) is 11.8 Å². The summed E-state index contributed by atoms with van der Waals surface area (Å²) in [4.78, 5) is 33.0. The second-order valence-electron chi connectivity index (χ2n) is 9.12. The molecule has 2 aromatic rings. The van der Waals surface area contributed by atoms with Gasteiger partial charge in [0, 0.05) is 45.3 Å². The minimum Gasteiger partial charge on any atom is -0.336 e. The van der Waals surface area contributed by atoms with E-state index in [-0.39, 0.29) is 11.8 Å². The molecule has 2 aromatic carbocycles. The van der Waals surface area contributed by atoms with Gasteiger partial charge in [0.2, 0.25) is 0 Å². The van der Waals surface area contributed by atoms with Gasteiger partial charge >= 0.3 is 0 Å².